The number of hydrogen-bond donors (Lipinski definition) is 1. The van der Waals surface area contributed by atoms with E-state index in [-0.39, 0.29) is 17.4 Å². The van der Waals surface area contributed by atoms with Crippen molar-refractivity contribution in [3.63, 3.8) is 0 Å². The highest BCUT2D eigenvalue weighted by atomic mass is 16.5. The average molecular weight is 497 g/mol. The van der Waals surface area contributed by atoms with Gasteiger partial charge in [-0.25, -0.2) is 0 Å². The number of rotatable bonds is 6. The monoisotopic (exact) mass is 496 g/mol. The van der Waals surface area contributed by atoms with Crippen LogP contribution in [0.4, 0.5) is 5.69 Å². The molecular weight excluding hydrogens is 472 g/mol. The van der Waals surface area contributed by atoms with Crippen LogP contribution in [0, 0.1) is 11.3 Å². The molecule has 0 bridgehead atoms. The molecule has 1 aliphatic heterocycles. The lowest BCUT2D eigenvalue weighted by Crippen LogP contribution is -2.29. The molecule has 8 heteroatoms. The summed E-state index contributed by atoms with van der Waals surface area (Å²) in [7, 11) is 0. The van der Waals surface area contributed by atoms with Crippen LogP contribution in [0.1, 0.15) is 43.5 Å². The van der Waals surface area contributed by atoms with Gasteiger partial charge in [-0.1, -0.05) is 24.3 Å². The summed E-state index contributed by atoms with van der Waals surface area (Å²) in [5.74, 6) is -1.72. The Hall–Kier alpha value is -4.90. The van der Waals surface area contributed by atoms with E-state index in [4.69, 9.17) is 14.7 Å². The van der Waals surface area contributed by atoms with Gasteiger partial charge in [0.15, 0.2) is 0 Å². The van der Waals surface area contributed by atoms with Crippen molar-refractivity contribution in [3.8, 4) is 17.6 Å². The molecular formula is C29H24N2O6. The molecule has 1 amide bonds. The quantitative estimate of drug-likeness (QED) is 0.170. The van der Waals surface area contributed by atoms with Crippen LogP contribution in [0.15, 0.2) is 78.4 Å². The molecule has 3 aromatic rings. The van der Waals surface area contributed by atoms with Gasteiger partial charge >= 0.3 is 5.97 Å². The first kappa shape index (κ1) is 25.2. The van der Waals surface area contributed by atoms with E-state index in [1.807, 2.05) is 19.9 Å². The molecule has 0 saturated carbocycles. The Morgan fingerprint density at radius 1 is 1.00 bits per heavy atom. The number of anilines is 1. The van der Waals surface area contributed by atoms with E-state index in [1.165, 1.54) is 11.8 Å². The number of esters is 1. The van der Waals surface area contributed by atoms with Crippen molar-refractivity contribution in [1.29, 1.82) is 5.26 Å². The van der Waals surface area contributed by atoms with Crippen LogP contribution < -0.4 is 14.4 Å². The van der Waals surface area contributed by atoms with E-state index < -0.39 is 23.7 Å². The fourth-order valence-corrected chi connectivity index (χ4v) is 4.14. The summed E-state index contributed by atoms with van der Waals surface area (Å²) >= 11 is 0. The van der Waals surface area contributed by atoms with Crippen molar-refractivity contribution < 1.29 is 29.0 Å². The Morgan fingerprint density at radius 2 is 1.68 bits per heavy atom. The predicted octanol–water partition coefficient (Wildman–Crippen LogP) is 4.90. The van der Waals surface area contributed by atoms with E-state index in [1.54, 1.807) is 72.8 Å². The molecule has 1 heterocycles. The molecule has 1 atom stereocenters. The molecule has 4 rings (SSSR count). The van der Waals surface area contributed by atoms with Crippen LogP contribution in [0.3, 0.4) is 0 Å². The number of aliphatic hydroxyl groups excluding tert-OH is 1. The third-order valence-corrected chi connectivity index (χ3v) is 5.66. The molecule has 1 unspecified atom stereocenters. The predicted molar refractivity (Wildman–Crippen MR) is 136 cm³/mol. The number of ketones is 1. The van der Waals surface area contributed by atoms with Crippen molar-refractivity contribution in [2.75, 3.05) is 4.90 Å². The molecule has 1 fully saturated rings. The largest absolute Gasteiger partial charge is 0.507 e. The Kier molecular flexibility index (Phi) is 7.07. The van der Waals surface area contributed by atoms with E-state index in [2.05, 4.69) is 0 Å². The number of carbonyl (C=O) groups excluding carboxylic acids is 3. The molecule has 0 aromatic heterocycles. The van der Waals surface area contributed by atoms with E-state index >= 15 is 0 Å². The van der Waals surface area contributed by atoms with Crippen LogP contribution in [-0.4, -0.2) is 28.9 Å². The summed E-state index contributed by atoms with van der Waals surface area (Å²) in [6.45, 7) is 5.02. The smallest absolute Gasteiger partial charge is 0.308 e. The number of hydrogen-bond acceptors (Lipinski definition) is 7. The molecule has 0 radical (unpaired) electrons. The summed E-state index contributed by atoms with van der Waals surface area (Å²) in [5.41, 5.74) is 1.50. The van der Waals surface area contributed by atoms with Crippen LogP contribution in [0.2, 0.25) is 0 Å². The first-order chi connectivity index (χ1) is 17.7. The zero-order valence-electron chi connectivity index (χ0n) is 20.5. The lowest BCUT2D eigenvalue weighted by molar-refractivity contribution is -0.132. The minimum absolute atomic E-state index is 0.101. The van der Waals surface area contributed by atoms with Gasteiger partial charge in [0.25, 0.3) is 11.7 Å². The van der Waals surface area contributed by atoms with Crippen molar-refractivity contribution >= 4 is 29.1 Å². The van der Waals surface area contributed by atoms with Crippen molar-refractivity contribution in [3.05, 3.63) is 95.1 Å². The van der Waals surface area contributed by atoms with Crippen LogP contribution >= 0.6 is 0 Å². The van der Waals surface area contributed by atoms with Gasteiger partial charge in [0.2, 0.25) is 0 Å². The number of benzene rings is 3. The molecule has 8 nitrogen and oxygen atoms in total. The third kappa shape index (κ3) is 5.21. The molecule has 1 N–H and O–H groups in total. The van der Waals surface area contributed by atoms with Crippen molar-refractivity contribution in [2.24, 2.45) is 0 Å². The van der Waals surface area contributed by atoms with Crippen LogP contribution in [-0.2, 0) is 14.4 Å². The summed E-state index contributed by atoms with van der Waals surface area (Å²) in [5, 5.41) is 20.5. The van der Waals surface area contributed by atoms with E-state index in [0.717, 1.165) is 0 Å². The number of ether oxygens (including phenoxy) is 2. The second-order valence-corrected chi connectivity index (χ2v) is 8.68. The SMILES string of the molecule is CC(=O)Oc1ccc(C2/C(=C(/O)c3cccc(OC(C)C)c3)C(=O)C(=O)N2c2ccc(C#N)cc2)cc1. The molecule has 1 saturated heterocycles. The minimum atomic E-state index is -0.978. The topological polar surface area (TPSA) is 117 Å². The van der Waals surface area contributed by atoms with Gasteiger partial charge in [0.1, 0.15) is 17.3 Å². The fraction of sp³-hybridized carbons (Fsp3) is 0.172. The van der Waals surface area contributed by atoms with Gasteiger partial charge in [-0.2, -0.15) is 5.26 Å². The average Bonchev–Trinajstić information content (AvgIpc) is 3.13. The van der Waals surface area contributed by atoms with Gasteiger partial charge in [-0.15, -0.1) is 0 Å². The van der Waals surface area contributed by atoms with Crippen molar-refractivity contribution in [2.45, 2.75) is 32.9 Å². The first-order valence-electron chi connectivity index (χ1n) is 11.6. The lowest BCUT2D eigenvalue weighted by atomic mass is 9.95. The summed E-state index contributed by atoms with van der Waals surface area (Å²) in [4.78, 5) is 39.2. The second-order valence-electron chi connectivity index (χ2n) is 8.68. The maximum atomic E-state index is 13.3. The van der Waals surface area contributed by atoms with Crippen LogP contribution in [0.25, 0.3) is 5.76 Å². The number of carbonyl (C=O) groups is 3. The summed E-state index contributed by atoms with van der Waals surface area (Å²) in [6, 6.07) is 20.3. The highest BCUT2D eigenvalue weighted by Gasteiger charge is 2.47. The number of nitrogens with zero attached hydrogens (tertiary/aromatic N) is 2. The standard InChI is InChI=1S/C29H24N2O6/c1-17(2)36-24-6-4-5-21(15-24)27(33)25-26(20-9-13-23(14-10-20)37-18(3)32)31(29(35)28(25)34)22-11-7-19(16-30)8-12-22/h4-15,17,26,33H,1-3H3/b27-25-. The van der Waals surface area contributed by atoms with Crippen molar-refractivity contribution in [1.82, 2.24) is 0 Å². The lowest BCUT2D eigenvalue weighted by Gasteiger charge is -2.25. The number of nitriles is 1. The Bertz CT molecular complexity index is 1430. The fourth-order valence-electron chi connectivity index (χ4n) is 4.14. The summed E-state index contributed by atoms with van der Waals surface area (Å²) < 4.78 is 10.8. The zero-order chi connectivity index (χ0) is 26.7. The van der Waals surface area contributed by atoms with Gasteiger partial charge in [-0.05, 0) is 67.9 Å². The highest BCUT2D eigenvalue weighted by molar-refractivity contribution is 6.51. The number of Topliss-reactive ketones (excluding diaryl/α,β-unsaturated/α-hetero) is 1. The molecule has 0 spiro atoms. The molecule has 3 aromatic carbocycles. The maximum absolute atomic E-state index is 13.3. The number of aliphatic hydroxyl groups is 1. The number of amides is 1. The van der Waals surface area contributed by atoms with Gasteiger partial charge in [-0.3, -0.25) is 19.3 Å². The second kappa shape index (κ2) is 10.4. The Morgan fingerprint density at radius 3 is 2.27 bits per heavy atom. The third-order valence-electron chi connectivity index (χ3n) is 5.66. The normalized spacial score (nSPS) is 16.5. The van der Waals surface area contributed by atoms with Gasteiger partial charge in [0.05, 0.1) is 29.4 Å². The molecule has 37 heavy (non-hydrogen) atoms. The first-order valence-corrected chi connectivity index (χ1v) is 11.6. The molecule has 0 aliphatic carbocycles. The van der Waals surface area contributed by atoms with Gasteiger partial charge < -0.3 is 14.6 Å². The Labute approximate surface area is 214 Å². The van der Waals surface area contributed by atoms with Crippen LogP contribution in [0.5, 0.6) is 11.5 Å². The van der Waals surface area contributed by atoms with E-state index in [9.17, 15) is 19.5 Å². The van der Waals surface area contributed by atoms with E-state index in [0.29, 0.717) is 33.9 Å². The molecule has 186 valence electrons. The van der Waals surface area contributed by atoms with Gasteiger partial charge in [0, 0.05) is 18.2 Å². The Balaban J connectivity index is 1.87. The summed E-state index contributed by atoms with van der Waals surface area (Å²) in [6.07, 6.45) is -0.102. The zero-order valence-corrected chi connectivity index (χ0v) is 20.5. The maximum Gasteiger partial charge on any atom is 0.308 e. The molecule has 1 aliphatic rings. The minimum Gasteiger partial charge on any atom is -0.507 e. The highest BCUT2D eigenvalue weighted by Crippen LogP contribution is 2.42.